The molecule has 1 unspecified atom stereocenters. The lowest BCUT2D eigenvalue weighted by Crippen LogP contribution is -2.23. The Hall–Kier alpha value is -0.870. The Morgan fingerprint density at radius 3 is 2.80 bits per heavy atom. The first-order chi connectivity index (χ1) is 7.15. The maximum atomic E-state index is 8.71. The van der Waals surface area contributed by atoms with Crippen LogP contribution >= 0.6 is 0 Å². The number of hydrogen-bond donors (Lipinski definition) is 1. The monoisotopic (exact) mass is 211 g/mol. The van der Waals surface area contributed by atoms with Gasteiger partial charge in [0.15, 0.2) is 0 Å². The van der Waals surface area contributed by atoms with Crippen molar-refractivity contribution >= 4 is 0 Å². The lowest BCUT2D eigenvalue weighted by Gasteiger charge is -2.23. The van der Waals surface area contributed by atoms with E-state index in [4.69, 9.17) is 5.11 Å². The lowest BCUT2D eigenvalue weighted by molar-refractivity contribution is 0.234. The molecule has 15 heavy (non-hydrogen) atoms. The van der Waals surface area contributed by atoms with E-state index in [1.165, 1.54) is 5.56 Å². The van der Waals surface area contributed by atoms with Crippen LogP contribution in [0.1, 0.15) is 31.4 Å². The number of hydrogen-bond acceptors (Lipinski definition) is 3. The largest absolute Gasteiger partial charge is 0.396 e. The van der Waals surface area contributed by atoms with E-state index in [1.807, 2.05) is 24.1 Å². The van der Waals surface area contributed by atoms with Gasteiger partial charge in [0.2, 0.25) is 0 Å². The van der Waals surface area contributed by atoms with Crippen LogP contribution in [-0.2, 0) is 7.05 Å². The molecule has 0 fully saturated rings. The molecule has 1 heterocycles. The molecule has 86 valence electrons. The summed E-state index contributed by atoms with van der Waals surface area (Å²) in [7, 11) is 4.04. The third-order valence-electron chi connectivity index (χ3n) is 2.79. The highest BCUT2D eigenvalue weighted by atomic mass is 16.2. The predicted octanol–water partition coefficient (Wildman–Crippen LogP) is 1.19. The Morgan fingerprint density at radius 2 is 2.27 bits per heavy atom. The van der Waals surface area contributed by atoms with Crippen LogP contribution in [0.2, 0.25) is 0 Å². The van der Waals surface area contributed by atoms with Crippen molar-refractivity contribution in [3.8, 4) is 0 Å². The SMILES string of the molecule is CC(c1cnn(C)c1)N(C)CCCCO. The van der Waals surface area contributed by atoms with Gasteiger partial charge in [0, 0.05) is 31.5 Å². The molecule has 1 aromatic heterocycles. The second-order valence-corrected chi connectivity index (χ2v) is 4.03. The van der Waals surface area contributed by atoms with E-state index in [-0.39, 0.29) is 6.61 Å². The molecule has 0 bridgehead atoms. The van der Waals surface area contributed by atoms with Crippen molar-refractivity contribution in [2.24, 2.45) is 7.05 Å². The minimum Gasteiger partial charge on any atom is -0.396 e. The number of nitrogens with zero attached hydrogens (tertiary/aromatic N) is 3. The molecule has 0 aliphatic heterocycles. The number of aliphatic hydroxyl groups is 1. The Morgan fingerprint density at radius 1 is 1.53 bits per heavy atom. The number of unbranched alkanes of at least 4 members (excludes halogenated alkanes) is 1. The normalized spacial score (nSPS) is 13.4. The number of rotatable bonds is 6. The second kappa shape index (κ2) is 5.88. The van der Waals surface area contributed by atoms with Gasteiger partial charge in [-0.15, -0.1) is 0 Å². The number of aliphatic hydroxyl groups excluding tert-OH is 1. The minimum absolute atomic E-state index is 0.287. The van der Waals surface area contributed by atoms with Gasteiger partial charge in [-0.1, -0.05) is 0 Å². The van der Waals surface area contributed by atoms with Gasteiger partial charge in [-0.2, -0.15) is 5.10 Å². The first-order valence-electron chi connectivity index (χ1n) is 5.44. The van der Waals surface area contributed by atoms with Crippen LogP contribution in [0.5, 0.6) is 0 Å². The summed E-state index contributed by atoms with van der Waals surface area (Å²) in [6, 6.07) is 0.386. The highest BCUT2D eigenvalue weighted by Crippen LogP contribution is 2.17. The van der Waals surface area contributed by atoms with Crippen molar-refractivity contribution in [2.75, 3.05) is 20.2 Å². The summed E-state index contributed by atoms with van der Waals surface area (Å²) < 4.78 is 1.83. The van der Waals surface area contributed by atoms with Gasteiger partial charge in [-0.25, -0.2) is 0 Å². The van der Waals surface area contributed by atoms with E-state index in [1.54, 1.807) is 0 Å². The third kappa shape index (κ3) is 3.64. The Kier molecular flexibility index (Phi) is 4.78. The van der Waals surface area contributed by atoms with E-state index in [9.17, 15) is 0 Å². The van der Waals surface area contributed by atoms with Crippen molar-refractivity contribution in [3.05, 3.63) is 18.0 Å². The van der Waals surface area contributed by atoms with Gasteiger partial charge in [0.25, 0.3) is 0 Å². The fourth-order valence-corrected chi connectivity index (χ4v) is 1.58. The van der Waals surface area contributed by atoms with Crippen LogP contribution in [0.3, 0.4) is 0 Å². The maximum Gasteiger partial charge on any atom is 0.0537 e. The molecule has 1 N–H and O–H groups in total. The van der Waals surface area contributed by atoms with Gasteiger partial charge in [-0.3, -0.25) is 9.58 Å². The summed E-state index contributed by atoms with van der Waals surface area (Å²) in [4.78, 5) is 2.28. The smallest absolute Gasteiger partial charge is 0.0537 e. The summed E-state index contributed by atoms with van der Waals surface area (Å²) in [6.45, 7) is 3.47. The summed E-state index contributed by atoms with van der Waals surface area (Å²) in [5.41, 5.74) is 1.24. The lowest BCUT2D eigenvalue weighted by atomic mass is 10.1. The zero-order valence-corrected chi connectivity index (χ0v) is 9.85. The number of aryl methyl sites for hydroxylation is 1. The molecule has 0 saturated heterocycles. The summed E-state index contributed by atoms with van der Waals surface area (Å²) in [5, 5.41) is 12.9. The average molecular weight is 211 g/mol. The molecule has 4 nitrogen and oxygen atoms in total. The van der Waals surface area contributed by atoms with E-state index < -0.39 is 0 Å². The molecule has 0 aliphatic carbocycles. The van der Waals surface area contributed by atoms with Crippen LogP contribution in [-0.4, -0.2) is 40.0 Å². The molecule has 1 aromatic rings. The Labute approximate surface area is 91.5 Å². The zero-order chi connectivity index (χ0) is 11.3. The topological polar surface area (TPSA) is 41.3 Å². The van der Waals surface area contributed by atoms with Crippen molar-refractivity contribution in [3.63, 3.8) is 0 Å². The van der Waals surface area contributed by atoms with Crippen LogP contribution in [0, 0.1) is 0 Å². The summed E-state index contributed by atoms with van der Waals surface area (Å²) >= 11 is 0. The van der Waals surface area contributed by atoms with E-state index in [0.717, 1.165) is 19.4 Å². The maximum absolute atomic E-state index is 8.71. The van der Waals surface area contributed by atoms with Crippen molar-refractivity contribution < 1.29 is 5.11 Å². The van der Waals surface area contributed by atoms with Crippen molar-refractivity contribution in [1.29, 1.82) is 0 Å². The standard InChI is InChI=1S/C11H21N3O/c1-10(11-8-12-14(3)9-11)13(2)6-4-5-7-15/h8-10,15H,4-7H2,1-3H3. The first-order valence-corrected chi connectivity index (χ1v) is 5.44. The van der Waals surface area contributed by atoms with E-state index in [2.05, 4.69) is 24.0 Å². The predicted molar refractivity (Wildman–Crippen MR) is 60.6 cm³/mol. The molecule has 0 aromatic carbocycles. The fraction of sp³-hybridized carbons (Fsp3) is 0.727. The molecule has 0 saturated carbocycles. The van der Waals surface area contributed by atoms with Gasteiger partial charge in [0.1, 0.15) is 0 Å². The van der Waals surface area contributed by atoms with Crippen LogP contribution in [0.25, 0.3) is 0 Å². The van der Waals surface area contributed by atoms with Gasteiger partial charge in [0.05, 0.1) is 6.20 Å². The van der Waals surface area contributed by atoms with E-state index in [0.29, 0.717) is 6.04 Å². The molecule has 4 heteroatoms. The molecule has 0 spiro atoms. The quantitative estimate of drug-likeness (QED) is 0.719. The minimum atomic E-state index is 0.287. The molecule has 0 radical (unpaired) electrons. The third-order valence-corrected chi connectivity index (χ3v) is 2.79. The number of aromatic nitrogens is 2. The Balaban J connectivity index is 2.42. The average Bonchev–Trinajstić information content (AvgIpc) is 2.64. The van der Waals surface area contributed by atoms with Gasteiger partial charge in [-0.05, 0) is 33.4 Å². The van der Waals surface area contributed by atoms with Crippen LogP contribution in [0.15, 0.2) is 12.4 Å². The molecule has 1 atom stereocenters. The van der Waals surface area contributed by atoms with Crippen molar-refractivity contribution in [2.45, 2.75) is 25.8 Å². The van der Waals surface area contributed by atoms with Crippen molar-refractivity contribution in [1.82, 2.24) is 14.7 Å². The molecule has 0 amide bonds. The van der Waals surface area contributed by atoms with Gasteiger partial charge >= 0.3 is 0 Å². The van der Waals surface area contributed by atoms with Gasteiger partial charge < -0.3 is 5.11 Å². The molecule has 0 aliphatic rings. The fourth-order valence-electron chi connectivity index (χ4n) is 1.58. The van der Waals surface area contributed by atoms with E-state index >= 15 is 0 Å². The highest BCUT2D eigenvalue weighted by molar-refractivity contribution is 5.08. The molecular formula is C11H21N3O. The highest BCUT2D eigenvalue weighted by Gasteiger charge is 2.12. The Bertz CT molecular complexity index is 285. The molecule has 1 rings (SSSR count). The summed E-state index contributed by atoms with van der Waals surface area (Å²) in [5.74, 6) is 0. The van der Waals surface area contributed by atoms with Crippen LogP contribution < -0.4 is 0 Å². The zero-order valence-electron chi connectivity index (χ0n) is 9.85. The summed E-state index contributed by atoms with van der Waals surface area (Å²) in [6.07, 6.45) is 5.88. The second-order valence-electron chi connectivity index (χ2n) is 4.03. The first kappa shape index (κ1) is 12.2. The molecular weight excluding hydrogens is 190 g/mol. The van der Waals surface area contributed by atoms with Crippen LogP contribution in [0.4, 0.5) is 0 Å².